The maximum Gasteiger partial charge on any atom is 0.243 e. The molecule has 0 saturated carbocycles. The number of hydrogen-bond donors (Lipinski definition) is 3. The smallest absolute Gasteiger partial charge is 0.243 e. The molecule has 3 amide bonds. The Morgan fingerprint density at radius 3 is 2.70 bits per heavy atom. The minimum atomic E-state index is -0.950. The average molecular weight is 282 g/mol. The van der Waals surface area contributed by atoms with Crippen LogP contribution in [-0.4, -0.2) is 52.5 Å². The Morgan fingerprint density at radius 2 is 2.20 bits per heavy atom. The maximum atomic E-state index is 12.1. The highest BCUT2D eigenvalue weighted by molar-refractivity contribution is 5.91. The molecule has 1 aliphatic rings. The number of nitriles is 1. The molecular formula is C12H18N4O4. The second-order valence-electron chi connectivity index (χ2n) is 4.74. The largest absolute Gasteiger partial charge is 0.391 e. The fourth-order valence-electron chi connectivity index (χ4n) is 2.17. The highest BCUT2D eigenvalue weighted by atomic mass is 16.3. The van der Waals surface area contributed by atoms with Crippen molar-refractivity contribution in [3.63, 3.8) is 0 Å². The molecule has 0 radical (unpaired) electrons. The van der Waals surface area contributed by atoms with E-state index >= 15 is 0 Å². The number of β-amino-alcohol motifs (C(OH)–C–C–N with tert-alkyl or cyclic N) is 1. The first-order chi connectivity index (χ1) is 9.36. The number of rotatable bonds is 5. The van der Waals surface area contributed by atoms with E-state index in [4.69, 9.17) is 11.0 Å². The number of nitrogens with zero attached hydrogens (tertiary/aromatic N) is 2. The normalized spacial score (nSPS) is 22.9. The van der Waals surface area contributed by atoms with Crippen molar-refractivity contribution in [1.82, 2.24) is 10.2 Å². The van der Waals surface area contributed by atoms with Crippen molar-refractivity contribution in [2.75, 3.05) is 6.54 Å². The molecule has 0 spiro atoms. The Balaban J connectivity index is 2.70. The highest BCUT2D eigenvalue weighted by Crippen LogP contribution is 2.18. The number of amides is 3. The molecule has 0 aromatic heterocycles. The third-order valence-corrected chi connectivity index (χ3v) is 3.19. The summed E-state index contributed by atoms with van der Waals surface area (Å²) in [6.07, 6.45) is -0.444. The molecule has 0 bridgehead atoms. The number of aliphatic hydroxyl groups is 1. The molecule has 0 aromatic carbocycles. The zero-order valence-corrected chi connectivity index (χ0v) is 11.2. The van der Waals surface area contributed by atoms with E-state index in [-0.39, 0.29) is 31.7 Å². The van der Waals surface area contributed by atoms with Crippen LogP contribution in [0, 0.1) is 11.3 Å². The molecule has 0 aromatic rings. The monoisotopic (exact) mass is 282 g/mol. The van der Waals surface area contributed by atoms with Crippen LogP contribution in [0.2, 0.25) is 0 Å². The van der Waals surface area contributed by atoms with Crippen molar-refractivity contribution in [2.24, 2.45) is 5.73 Å². The van der Waals surface area contributed by atoms with Crippen molar-refractivity contribution in [3.05, 3.63) is 0 Å². The van der Waals surface area contributed by atoms with Gasteiger partial charge in [-0.1, -0.05) is 0 Å². The molecule has 1 rings (SSSR count). The first kappa shape index (κ1) is 15.9. The number of hydrogen-bond acceptors (Lipinski definition) is 5. The number of aliphatic hydroxyl groups excluding tert-OH is 1. The van der Waals surface area contributed by atoms with Gasteiger partial charge in [-0.05, 0) is 6.42 Å². The van der Waals surface area contributed by atoms with Gasteiger partial charge in [0.1, 0.15) is 12.1 Å². The molecule has 3 atom stereocenters. The van der Waals surface area contributed by atoms with Crippen LogP contribution in [0.5, 0.6) is 0 Å². The van der Waals surface area contributed by atoms with E-state index in [2.05, 4.69) is 5.32 Å². The summed E-state index contributed by atoms with van der Waals surface area (Å²) in [6.45, 7) is 1.40. The zero-order valence-electron chi connectivity index (χ0n) is 11.2. The third-order valence-electron chi connectivity index (χ3n) is 3.19. The van der Waals surface area contributed by atoms with Gasteiger partial charge in [0.05, 0.1) is 12.2 Å². The Bertz CT molecular complexity index is 445. The standard InChI is InChI=1S/C12H18N4O4/c1-7(17)16-6-8(18)5-10(16)12(20)15-9(11(14)19)3-2-4-13/h8-10,18H,2-3,5-6H2,1H3,(H2,14,19)(H,15,20)/t8-,9-,10+/m1/s1. The summed E-state index contributed by atoms with van der Waals surface area (Å²) in [4.78, 5) is 35.9. The van der Waals surface area contributed by atoms with Crippen LogP contribution >= 0.6 is 0 Å². The van der Waals surface area contributed by atoms with Crippen LogP contribution in [0.1, 0.15) is 26.2 Å². The second-order valence-corrected chi connectivity index (χ2v) is 4.74. The van der Waals surface area contributed by atoms with Gasteiger partial charge in [-0.3, -0.25) is 14.4 Å². The molecule has 0 aliphatic carbocycles. The predicted molar refractivity (Wildman–Crippen MR) is 67.8 cm³/mol. The van der Waals surface area contributed by atoms with Crippen molar-refractivity contribution in [1.29, 1.82) is 5.26 Å². The van der Waals surface area contributed by atoms with E-state index in [1.54, 1.807) is 0 Å². The number of carbonyl (C=O) groups excluding carboxylic acids is 3. The Kier molecular flexibility index (Phi) is 5.46. The highest BCUT2D eigenvalue weighted by Gasteiger charge is 2.38. The molecule has 1 heterocycles. The van der Waals surface area contributed by atoms with Gasteiger partial charge < -0.3 is 21.1 Å². The van der Waals surface area contributed by atoms with Gasteiger partial charge in [0, 0.05) is 26.3 Å². The van der Waals surface area contributed by atoms with E-state index < -0.39 is 30.0 Å². The van der Waals surface area contributed by atoms with Crippen LogP contribution in [-0.2, 0) is 14.4 Å². The molecule has 8 heteroatoms. The number of likely N-dealkylation sites (tertiary alicyclic amines) is 1. The summed E-state index contributed by atoms with van der Waals surface area (Å²) in [7, 11) is 0. The summed E-state index contributed by atoms with van der Waals surface area (Å²) in [5, 5.41) is 20.5. The van der Waals surface area contributed by atoms with E-state index in [9.17, 15) is 19.5 Å². The molecule has 110 valence electrons. The molecular weight excluding hydrogens is 264 g/mol. The van der Waals surface area contributed by atoms with Crippen molar-refractivity contribution in [2.45, 2.75) is 44.4 Å². The van der Waals surface area contributed by atoms with Crippen molar-refractivity contribution in [3.8, 4) is 6.07 Å². The van der Waals surface area contributed by atoms with Crippen LogP contribution in [0.25, 0.3) is 0 Å². The van der Waals surface area contributed by atoms with Gasteiger partial charge in [0.15, 0.2) is 0 Å². The third kappa shape index (κ3) is 3.93. The van der Waals surface area contributed by atoms with Crippen molar-refractivity contribution < 1.29 is 19.5 Å². The van der Waals surface area contributed by atoms with Crippen molar-refractivity contribution >= 4 is 17.7 Å². The molecule has 0 unspecified atom stereocenters. The van der Waals surface area contributed by atoms with Crippen LogP contribution in [0.15, 0.2) is 0 Å². The molecule has 1 fully saturated rings. The van der Waals surface area contributed by atoms with Crippen LogP contribution < -0.4 is 11.1 Å². The lowest BCUT2D eigenvalue weighted by Crippen LogP contribution is -2.51. The number of primary amides is 1. The zero-order chi connectivity index (χ0) is 15.3. The van der Waals surface area contributed by atoms with Gasteiger partial charge in [0.2, 0.25) is 17.7 Å². The van der Waals surface area contributed by atoms with Crippen LogP contribution in [0.4, 0.5) is 0 Å². The van der Waals surface area contributed by atoms with Gasteiger partial charge in [-0.2, -0.15) is 5.26 Å². The van der Waals surface area contributed by atoms with Crippen LogP contribution in [0.3, 0.4) is 0 Å². The van der Waals surface area contributed by atoms with Gasteiger partial charge >= 0.3 is 0 Å². The summed E-state index contributed by atoms with van der Waals surface area (Å²) in [5.41, 5.74) is 5.15. The lowest BCUT2D eigenvalue weighted by atomic mass is 10.1. The second kappa shape index (κ2) is 6.86. The Hall–Kier alpha value is -2.14. The quantitative estimate of drug-likeness (QED) is 0.548. The summed E-state index contributed by atoms with van der Waals surface area (Å²) < 4.78 is 0. The molecule has 20 heavy (non-hydrogen) atoms. The Labute approximate surface area is 116 Å². The minimum Gasteiger partial charge on any atom is -0.391 e. The minimum absolute atomic E-state index is 0.0810. The van der Waals surface area contributed by atoms with E-state index in [0.29, 0.717) is 0 Å². The predicted octanol–water partition coefficient (Wildman–Crippen LogP) is -1.76. The summed E-state index contributed by atoms with van der Waals surface area (Å²) in [6, 6.07) is 0.103. The SMILES string of the molecule is CC(=O)N1C[C@H](O)C[C@H]1C(=O)N[C@H](CCC#N)C(N)=O. The van der Waals surface area contributed by atoms with E-state index in [0.717, 1.165) is 0 Å². The Morgan fingerprint density at radius 1 is 1.55 bits per heavy atom. The van der Waals surface area contributed by atoms with E-state index in [1.165, 1.54) is 11.8 Å². The van der Waals surface area contributed by atoms with Gasteiger partial charge in [-0.15, -0.1) is 0 Å². The number of nitrogens with two attached hydrogens (primary N) is 1. The summed E-state index contributed by atoms with van der Waals surface area (Å²) in [5.74, 6) is -1.60. The maximum absolute atomic E-state index is 12.1. The fraction of sp³-hybridized carbons (Fsp3) is 0.667. The average Bonchev–Trinajstić information content (AvgIpc) is 2.76. The first-order valence-electron chi connectivity index (χ1n) is 6.28. The fourth-order valence-corrected chi connectivity index (χ4v) is 2.17. The lowest BCUT2D eigenvalue weighted by Gasteiger charge is -2.24. The number of carbonyl (C=O) groups is 3. The lowest BCUT2D eigenvalue weighted by molar-refractivity contribution is -0.138. The molecule has 1 saturated heterocycles. The number of nitrogens with one attached hydrogen (secondary N) is 1. The van der Waals surface area contributed by atoms with Gasteiger partial charge in [0.25, 0.3) is 0 Å². The van der Waals surface area contributed by atoms with Gasteiger partial charge in [-0.25, -0.2) is 0 Å². The topological polar surface area (TPSA) is 137 Å². The van der Waals surface area contributed by atoms with E-state index in [1.807, 2.05) is 6.07 Å². The molecule has 1 aliphatic heterocycles. The first-order valence-corrected chi connectivity index (χ1v) is 6.28. The molecule has 4 N–H and O–H groups in total. The summed E-state index contributed by atoms with van der Waals surface area (Å²) >= 11 is 0. The molecule has 8 nitrogen and oxygen atoms in total.